The lowest BCUT2D eigenvalue weighted by Crippen LogP contribution is -2.34. The van der Waals surface area contributed by atoms with Crippen molar-refractivity contribution in [1.82, 2.24) is 0 Å². The second-order valence-electron chi connectivity index (χ2n) is 5.64. The Kier molecular flexibility index (Phi) is 1.63. The van der Waals surface area contributed by atoms with E-state index in [1.165, 1.54) is 34.1 Å². The number of carbonyl (C=O) groups excluding carboxylic acids is 2. The quantitative estimate of drug-likeness (QED) is 0.681. The van der Waals surface area contributed by atoms with Crippen LogP contribution in [0.15, 0.2) is 59.7 Å². The average Bonchev–Trinajstić information content (AvgIpc) is 2.69. The lowest BCUT2D eigenvalue weighted by atomic mass is 9.62. The summed E-state index contributed by atoms with van der Waals surface area (Å²) >= 11 is 0. The lowest BCUT2D eigenvalue weighted by molar-refractivity contribution is -0.116. The molecule has 94 valence electrons. The van der Waals surface area contributed by atoms with Gasteiger partial charge in [0.05, 0.1) is 0 Å². The van der Waals surface area contributed by atoms with Crippen LogP contribution in [0.4, 0.5) is 0 Å². The van der Waals surface area contributed by atoms with E-state index in [-0.39, 0.29) is 23.4 Å². The van der Waals surface area contributed by atoms with E-state index in [0.29, 0.717) is 0 Å². The molecule has 3 aliphatic rings. The molecule has 0 heterocycles. The average molecular weight is 258 g/mol. The fourth-order valence-electron chi connectivity index (χ4n) is 4.06. The van der Waals surface area contributed by atoms with E-state index in [9.17, 15) is 9.59 Å². The summed E-state index contributed by atoms with van der Waals surface area (Å²) in [5.41, 5.74) is 3.87. The maximum absolute atomic E-state index is 12.1. The zero-order valence-electron chi connectivity index (χ0n) is 10.6. The SMILES string of the molecule is O=C1C=CC(=O)C2=C1[C@@H]1c3cccc4cccc(c34)[C@H]21. The Morgan fingerprint density at radius 2 is 1.20 bits per heavy atom. The Balaban J connectivity index is 1.87. The van der Waals surface area contributed by atoms with Crippen molar-refractivity contribution >= 4 is 22.3 Å². The third kappa shape index (κ3) is 0.955. The first-order chi connectivity index (χ1) is 9.77. The first kappa shape index (κ1) is 10.3. The zero-order chi connectivity index (χ0) is 13.4. The number of allylic oxidation sites excluding steroid dienone is 4. The highest BCUT2D eigenvalue weighted by Gasteiger charge is 2.52. The van der Waals surface area contributed by atoms with Gasteiger partial charge in [0.1, 0.15) is 0 Å². The standard InChI is InChI=1S/C18H10O2/c19-12-7-8-13(20)18-16-11-6-2-4-9-3-1-5-10(14(9)11)15(16)17(12)18/h1-8,15-16H/t15-,16+. The molecular formula is C18H10O2. The van der Waals surface area contributed by atoms with Gasteiger partial charge in [0, 0.05) is 23.0 Å². The van der Waals surface area contributed by atoms with Gasteiger partial charge in [-0.25, -0.2) is 0 Å². The van der Waals surface area contributed by atoms with Gasteiger partial charge in [0.2, 0.25) is 0 Å². The van der Waals surface area contributed by atoms with Gasteiger partial charge in [-0.15, -0.1) is 0 Å². The van der Waals surface area contributed by atoms with Crippen LogP contribution in [-0.2, 0) is 9.59 Å². The van der Waals surface area contributed by atoms with E-state index in [1.807, 2.05) is 12.1 Å². The number of rotatable bonds is 0. The molecule has 0 bridgehead atoms. The summed E-state index contributed by atoms with van der Waals surface area (Å²) in [5.74, 6) is 0.191. The van der Waals surface area contributed by atoms with Crippen LogP contribution in [0.3, 0.4) is 0 Å². The first-order valence-electron chi connectivity index (χ1n) is 6.79. The monoisotopic (exact) mass is 258 g/mol. The van der Waals surface area contributed by atoms with E-state index >= 15 is 0 Å². The fourth-order valence-corrected chi connectivity index (χ4v) is 4.06. The molecule has 0 spiro atoms. The predicted octanol–water partition coefficient (Wildman–Crippen LogP) is 3.04. The minimum atomic E-state index is 0.00524. The number of fused-ring (bicyclic) bond motifs is 5. The lowest BCUT2D eigenvalue weighted by Gasteiger charge is -2.38. The third-order valence-corrected chi connectivity index (χ3v) is 4.80. The largest absolute Gasteiger partial charge is 0.290 e. The normalized spacial score (nSPS) is 25.8. The van der Waals surface area contributed by atoms with E-state index in [4.69, 9.17) is 0 Å². The molecule has 2 nitrogen and oxygen atoms in total. The van der Waals surface area contributed by atoms with Gasteiger partial charge < -0.3 is 0 Å². The highest BCUT2D eigenvalue weighted by Crippen LogP contribution is 2.62. The summed E-state index contributed by atoms with van der Waals surface area (Å²) in [6.07, 6.45) is 2.83. The minimum Gasteiger partial charge on any atom is -0.290 e. The van der Waals surface area contributed by atoms with Gasteiger partial charge in [-0.2, -0.15) is 0 Å². The molecule has 2 atom stereocenters. The van der Waals surface area contributed by atoms with Crippen molar-refractivity contribution in [2.75, 3.05) is 0 Å². The van der Waals surface area contributed by atoms with Gasteiger partial charge in [-0.1, -0.05) is 36.4 Å². The first-order valence-corrected chi connectivity index (χ1v) is 6.79. The Morgan fingerprint density at radius 1 is 0.700 bits per heavy atom. The molecule has 20 heavy (non-hydrogen) atoms. The molecular weight excluding hydrogens is 248 g/mol. The zero-order valence-corrected chi connectivity index (χ0v) is 10.6. The molecule has 0 amide bonds. The maximum atomic E-state index is 12.1. The number of ketones is 2. The molecule has 2 heteroatoms. The summed E-state index contributed by atoms with van der Waals surface area (Å²) in [4.78, 5) is 24.2. The van der Waals surface area contributed by atoms with Crippen LogP contribution in [0.5, 0.6) is 0 Å². The Bertz CT molecular complexity index is 830. The molecule has 2 aromatic rings. The molecule has 0 aromatic heterocycles. The second kappa shape index (κ2) is 3.15. The van der Waals surface area contributed by atoms with Gasteiger partial charge in [0.15, 0.2) is 11.6 Å². The van der Waals surface area contributed by atoms with Gasteiger partial charge in [0.25, 0.3) is 0 Å². The Labute approximate surface area is 115 Å². The highest BCUT2D eigenvalue weighted by molar-refractivity contribution is 6.25. The fraction of sp³-hybridized carbons (Fsp3) is 0.111. The number of benzene rings is 2. The van der Waals surface area contributed by atoms with Crippen LogP contribution in [0, 0.1) is 0 Å². The van der Waals surface area contributed by atoms with Crippen molar-refractivity contribution in [2.45, 2.75) is 11.8 Å². The molecule has 0 aliphatic heterocycles. The molecule has 5 rings (SSSR count). The summed E-state index contributed by atoms with van der Waals surface area (Å²) in [7, 11) is 0. The van der Waals surface area contributed by atoms with E-state index in [2.05, 4.69) is 24.3 Å². The van der Waals surface area contributed by atoms with Crippen LogP contribution in [0.25, 0.3) is 10.8 Å². The third-order valence-electron chi connectivity index (χ3n) is 4.80. The van der Waals surface area contributed by atoms with Crippen molar-refractivity contribution in [2.24, 2.45) is 0 Å². The molecule has 2 aromatic carbocycles. The van der Waals surface area contributed by atoms with E-state index in [0.717, 1.165) is 11.1 Å². The van der Waals surface area contributed by atoms with E-state index in [1.54, 1.807) is 0 Å². The maximum Gasteiger partial charge on any atom is 0.183 e. The minimum absolute atomic E-state index is 0.00524. The van der Waals surface area contributed by atoms with Crippen LogP contribution in [0.2, 0.25) is 0 Å². The summed E-state index contributed by atoms with van der Waals surface area (Å²) in [6.45, 7) is 0. The van der Waals surface area contributed by atoms with Crippen LogP contribution in [-0.4, -0.2) is 11.6 Å². The van der Waals surface area contributed by atoms with Crippen LogP contribution < -0.4 is 0 Å². The molecule has 0 unspecified atom stereocenters. The van der Waals surface area contributed by atoms with Gasteiger partial charge in [-0.3, -0.25) is 9.59 Å². The second-order valence-corrected chi connectivity index (χ2v) is 5.64. The number of hydrogen-bond donors (Lipinski definition) is 0. The van der Waals surface area contributed by atoms with Crippen molar-refractivity contribution in [1.29, 1.82) is 0 Å². The van der Waals surface area contributed by atoms with Crippen molar-refractivity contribution in [3.8, 4) is 0 Å². The Hall–Kier alpha value is -2.48. The van der Waals surface area contributed by atoms with Crippen molar-refractivity contribution in [3.05, 3.63) is 70.8 Å². The topological polar surface area (TPSA) is 34.1 Å². The van der Waals surface area contributed by atoms with Crippen LogP contribution >= 0.6 is 0 Å². The van der Waals surface area contributed by atoms with Crippen molar-refractivity contribution < 1.29 is 9.59 Å². The molecule has 0 radical (unpaired) electrons. The molecule has 3 aliphatic carbocycles. The van der Waals surface area contributed by atoms with Crippen molar-refractivity contribution in [3.63, 3.8) is 0 Å². The summed E-state index contributed by atoms with van der Waals surface area (Å²) < 4.78 is 0. The van der Waals surface area contributed by atoms with Gasteiger partial charge in [-0.05, 0) is 34.1 Å². The molecule has 0 fully saturated rings. The van der Waals surface area contributed by atoms with E-state index < -0.39 is 0 Å². The molecule has 0 saturated carbocycles. The highest BCUT2D eigenvalue weighted by atomic mass is 16.1. The smallest absolute Gasteiger partial charge is 0.183 e. The molecule has 0 N–H and O–H groups in total. The number of carbonyl (C=O) groups is 2. The molecule has 0 saturated heterocycles. The van der Waals surface area contributed by atoms with Gasteiger partial charge >= 0.3 is 0 Å². The summed E-state index contributed by atoms with van der Waals surface area (Å²) in [5, 5.41) is 2.43. The van der Waals surface area contributed by atoms with Crippen LogP contribution in [0.1, 0.15) is 23.0 Å². The summed E-state index contributed by atoms with van der Waals surface area (Å²) in [6, 6.07) is 12.4. The predicted molar refractivity (Wildman–Crippen MR) is 75.6 cm³/mol. The number of hydrogen-bond acceptors (Lipinski definition) is 2. The Morgan fingerprint density at radius 3 is 1.70 bits per heavy atom.